The number of carbonyl (C=O) groups is 1. The van der Waals surface area contributed by atoms with Crippen molar-refractivity contribution in [2.75, 3.05) is 13.1 Å². The van der Waals surface area contributed by atoms with E-state index < -0.39 is 0 Å². The lowest BCUT2D eigenvalue weighted by molar-refractivity contribution is -0.140. The van der Waals surface area contributed by atoms with Crippen LogP contribution in [0.2, 0.25) is 0 Å². The number of hydrogen-bond acceptors (Lipinski definition) is 2. The SMILES string of the molecule is Cl.N[C@@H]1CCCN(C(=O)CC23CC4CC(CC(C4)C2)C3)C1. The van der Waals surface area contributed by atoms with Gasteiger partial charge in [-0.15, -0.1) is 12.4 Å². The number of nitrogens with two attached hydrogens (primary N) is 1. The largest absolute Gasteiger partial charge is 0.341 e. The van der Waals surface area contributed by atoms with Crippen molar-refractivity contribution >= 4 is 18.3 Å². The number of halogens is 1. The molecule has 5 rings (SSSR count). The van der Waals surface area contributed by atoms with Crippen molar-refractivity contribution in [1.29, 1.82) is 0 Å². The Morgan fingerprint density at radius 1 is 1.10 bits per heavy atom. The summed E-state index contributed by atoms with van der Waals surface area (Å²) < 4.78 is 0. The Balaban J connectivity index is 0.00000132. The van der Waals surface area contributed by atoms with E-state index in [0.29, 0.717) is 11.3 Å². The van der Waals surface area contributed by atoms with Gasteiger partial charge in [-0.25, -0.2) is 0 Å². The molecule has 4 bridgehead atoms. The van der Waals surface area contributed by atoms with Gasteiger partial charge in [0.1, 0.15) is 0 Å². The molecule has 1 atom stereocenters. The summed E-state index contributed by atoms with van der Waals surface area (Å²) in [6.45, 7) is 1.74. The molecule has 0 aromatic heterocycles. The molecule has 120 valence electrons. The maximum absolute atomic E-state index is 12.7. The van der Waals surface area contributed by atoms with Crippen LogP contribution in [0.25, 0.3) is 0 Å². The number of likely N-dealkylation sites (tertiary alicyclic amines) is 1. The van der Waals surface area contributed by atoms with Crippen molar-refractivity contribution in [2.24, 2.45) is 28.9 Å². The third-order valence-corrected chi connectivity index (χ3v) is 6.50. The zero-order valence-electron chi connectivity index (χ0n) is 12.9. The number of nitrogens with zero attached hydrogens (tertiary/aromatic N) is 1. The first-order chi connectivity index (χ1) is 9.62. The van der Waals surface area contributed by atoms with Gasteiger partial charge >= 0.3 is 0 Å². The molecule has 0 spiro atoms. The van der Waals surface area contributed by atoms with Crippen LogP contribution in [0.1, 0.15) is 57.8 Å². The normalized spacial score (nSPS) is 44.5. The van der Waals surface area contributed by atoms with Crippen LogP contribution in [0.4, 0.5) is 0 Å². The van der Waals surface area contributed by atoms with Gasteiger partial charge in [0.2, 0.25) is 5.91 Å². The summed E-state index contributed by atoms with van der Waals surface area (Å²) in [7, 11) is 0. The Kier molecular flexibility index (Phi) is 4.26. The van der Waals surface area contributed by atoms with Gasteiger partial charge in [0.05, 0.1) is 0 Å². The lowest BCUT2D eigenvalue weighted by Crippen LogP contribution is -2.51. The smallest absolute Gasteiger partial charge is 0.223 e. The third-order valence-electron chi connectivity index (χ3n) is 6.50. The average Bonchev–Trinajstić information content (AvgIpc) is 2.36. The van der Waals surface area contributed by atoms with Crippen LogP contribution in [-0.2, 0) is 4.79 Å². The van der Waals surface area contributed by atoms with Gasteiger partial charge in [0.15, 0.2) is 0 Å². The molecular weight excluding hydrogens is 284 g/mol. The molecular formula is C17H29ClN2O. The Bertz CT molecular complexity index is 376. The lowest BCUT2D eigenvalue weighted by Gasteiger charge is -2.57. The van der Waals surface area contributed by atoms with Crippen LogP contribution in [0, 0.1) is 23.2 Å². The monoisotopic (exact) mass is 312 g/mol. The number of amides is 1. The van der Waals surface area contributed by atoms with E-state index in [2.05, 4.69) is 4.90 Å². The van der Waals surface area contributed by atoms with E-state index in [1.807, 2.05) is 0 Å². The minimum absolute atomic E-state index is 0. The van der Waals surface area contributed by atoms with E-state index in [0.717, 1.165) is 50.1 Å². The second-order valence-electron chi connectivity index (χ2n) is 8.34. The Labute approximate surface area is 134 Å². The van der Waals surface area contributed by atoms with Crippen LogP contribution in [0.5, 0.6) is 0 Å². The summed E-state index contributed by atoms with van der Waals surface area (Å²) in [5.41, 5.74) is 6.41. The summed E-state index contributed by atoms with van der Waals surface area (Å²) in [6.07, 6.45) is 11.4. The fraction of sp³-hybridized carbons (Fsp3) is 0.941. The van der Waals surface area contributed by atoms with Crippen LogP contribution in [0.15, 0.2) is 0 Å². The van der Waals surface area contributed by atoms with Crippen LogP contribution >= 0.6 is 12.4 Å². The topological polar surface area (TPSA) is 46.3 Å². The van der Waals surface area contributed by atoms with Crippen molar-refractivity contribution < 1.29 is 4.79 Å². The van der Waals surface area contributed by atoms with E-state index in [1.54, 1.807) is 0 Å². The molecule has 1 saturated heterocycles. The van der Waals surface area contributed by atoms with E-state index in [-0.39, 0.29) is 18.4 Å². The van der Waals surface area contributed by atoms with Crippen molar-refractivity contribution in [3.8, 4) is 0 Å². The highest BCUT2D eigenvalue weighted by Gasteiger charge is 2.51. The molecule has 4 saturated carbocycles. The highest BCUT2D eigenvalue weighted by atomic mass is 35.5. The van der Waals surface area contributed by atoms with Crippen molar-refractivity contribution in [1.82, 2.24) is 4.90 Å². The Morgan fingerprint density at radius 2 is 1.67 bits per heavy atom. The molecule has 1 aliphatic heterocycles. The standard InChI is InChI=1S/C17H28N2O.ClH/c18-15-2-1-3-19(11-15)16(20)10-17-7-12-4-13(8-17)6-14(5-12)9-17;/h12-15H,1-11,18H2;1H/t12?,13?,14?,15-,17?;/m1./s1. The van der Waals surface area contributed by atoms with Gasteiger partial charge < -0.3 is 10.6 Å². The summed E-state index contributed by atoms with van der Waals surface area (Å²) in [5, 5.41) is 0. The second kappa shape index (κ2) is 5.73. The molecule has 4 heteroatoms. The molecule has 0 unspecified atom stereocenters. The van der Waals surface area contributed by atoms with Gasteiger partial charge in [0.25, 0.3) is 0 Å². The summed E-state index contributed by atoms with van der Waals surface area (Å²) in [5.74, 6) is 3.23. The molecule has 3 nitrogen and oxygen atoms in total. The van der Waals surface area contributed by atoms with Crippen molar-refractivity contribution in [2.45, 2.75) is 63.8 Å². The molecule has 0 aromatic carbocycles. The van der Waals surface area contributed by atoms with E-state index in [9.17, 15) is 4.79 Å². The van der Waals surface area contributed by atoms with E-state index in [1.165, 1.54) is 38.5 Å². The van der Waals surface area contributed by atoms with Crippen LogP contribution < -0.4 is 5.73 Å². The Morgan fingerprint density at radius 3 is 2.19 bits per heavy atom. The van der Waals surface area contributed by atoms with Gasteiger partial charge in [0, 0.05) is 25.6 Å². The second-order valence-corrected chi connectivity index (χ2v) is 8.34. The van der Waals surface area contributed by atoms with Gasteiger partial charge in [-0.2, -0.15) is 0 Å². The summed E-state index contributed by atoms with van der Waals surface area (Å²) >= 11 is 0. The van der Waals surface area contributed by atoms with E-state index in [4.69, 9.17) is 5.73 Å². The minimum atomic E-state index is 0. The van der Waals surface area contributed by atoms with Crippen molar-refractivity contribution in [3.05, 3.63) is 0 Å². The highest BCUT2D eigenvalue weighted by Crippen LogP contribution is 2.61. The van der Waals surface area contributed by atoms with E-state index >= 15 is 0 Å². The van der Waals surface area contributed by atoms with Gasteiger partial charge in [-0.1, -0.05) is 0 Å². The van der Waals surface area contributed by atoms with Crippen LogP contribution in [-0.4, -0.2) is 29.9 Å². The summed E-state index contributed by atoms with van der Waals surface area (Å²) in [4.78, 5) is 14.8. The van der Waals surface area contributed by atoms with Crippen LogP contribution in [0.3, 0.4) is 0 Å². The van der Waals surface area contributed by atoms with Crippen molar-refractivity contribution in [3.63, 3.8) is 0 Å². The molecule has 1 heterocycles. The number of hydrogen-bond donors (Lipinski definition) is 1. The zero-order valence-corrected chi connectivity index (χ0v) is 13.7. The number of rotatable bonds is 2. The molecule has 21 heavy (non-hydrogen) atoms. The maximum Gasteiger partial charge on any atom is 0.223 e. The number of carbonyl (C=O) groups excluding carboxylic acids is 1. The molecule has 5 fully saturated rings. The fourth-order valence-corrected chi connectivity index (χ4v) is 6.18. The summed E-state index contributed by atoms with van der Waals surface area (Å²) in [6, 6.07) is 0.212. The molecule has 5 aliphatic rings. The number of piperidine rings is 1. The fourth-order valence-electron chi connectivity index (χ4n) is 6.18. The third kappa shape index (κ3) is 2.96. The first-order valence-corrected chi connectivity index (χ1v) is 8.65. The first kappa shape index (κ1) is 15.6. The lowest BCUT2D eigenvalue weighted by atomic mass is 9.49. The molecule has 4 aliphatic carbocycles. The quantitative estimate of drug-likeness (QED) is 0.852. The highest BCUT2D eigenvalue weighted by molar-refractivity contribution is 5.85. The molecule has 0 aromatic rings. The Hall–Kier alpha value is -0.280. The minimum Gasteiger partial charge on any atom is -0.341 e. The molecule has 2 N–H and O–H groups in total. The molecule has 0 radical (unpaired) electrons. The molecule has 1 amide bonds. The predicted octanol–water partition coefficient (Wildman–Crippen LogP) is 2.96. The zero-order chi connectivity index (χ0) is 13.7. The predicted molar refractivity (Wildman–Crippen MR) is 86.3 cm³/mol. The first-order valence-electron chi connectivity index (χ1n) is 8.65. The maximum atomic E-state index is 12.7. The average molecular weight is 313 g/mol. The van der Waals surface area contributed by atoms with Gasteiger partial charge in [-0.05, 0) is 74.5 Å². The van der Waals surface area contributed by atoms with Gasteiger partial charge in [-0.3, -0.25) is 4.79 Å².